The van der Waals surface area contributed by atoms with E-state index in [2.05, 4.69) is 16.1 Å². The molecule has 0 spiro atoms. The molecule has 2 rings (SSSR count). The Morgan fingerprint density at radius 1 is 1.24 bits per heavy atom. The Morgan fingerprint density at radius 3 is 2.71 bits per heavy atom. The zero-order chi connectivity index (χ0) is 12.1. The van der Waals surface area contributed by atoms with Gasteiger partial charge in [0.25, 0.3) is 6.43 Å². The second-order valence-corrected chi connectivity index (χ2v) is 5.45. The molecular formula is C13H19F2NS. The zero-order valence-electron chi connectivity index (χ0n) is 9.92. The average Bonchev–Trinajstić information content (AvgIpc) is 2.78. The van der Waals surface area contributed by atoms with Gasteiger partial charge in [-0.05, 0) is 40.6 Å². The van der Waals surface area contributed by atoms with Crippen molar-refractivity contribution < 1.29 is 8.78 Å². The quantitative estimate of drug-likeness (QED) is 0.837. The molecule has 1 aliphatic carbocycles. The third kappa shape index (κ3) is 3.75. The van der Waals surface area contributed by atoms with E-state index in [0.29, 0.717) is 12.5 Å². The summed E-state index contributed by atoms with van der Waals surface area (Å²) >= 11 is 1.69. The lowest BCUT2D eigenvalue weighted by Gasteiger charge is -2.22. The number of alkyl halides is 2. The normalized spacial score (nSPS) is 17.8. The number of hydrogen-bond donors (Lipinski definition) is 1. The van der Waals surface area contributed by atoms with E-state index in [9.17, 15) is 8.78 Å². The Labute approximate surface area is 105 Å². The molecule has 4 heteroatoms. The number of rotatable bonds is 5. The summed E-state index contributed by atoms with van der Waals surface area (Å²) in [5.41, 5.74) is 2.62. The minimum absolute atomic E-state index is 0.208. The van der Waals surface area contributed by atoms with Gasteiger partial charge in [0, 0.05) is 6.54 Å². The highest BCUT2D eigenvalue weighted by molar-refractivity contribution is 7.08. The first-order valence-electron chi connectivity index (χ1n) is 6.31. The first-order chi connectivity index (χ1) is 8.27. The van der Waals surface area contributed by atoms with Crippen LogP contribution < -0.4 is 5.32 Å². The smallest absolute Gasteiger partial charge is 0.250 e. The molecule has 1 fully saturated rings. The zero-order valence-corrected chi connectivity index (χ0v) is 10.7. The minimum Gasteiger partial charge on any atom is -0.307 e. The van der Waals surface area contributed by atoms with E-state index < -0.39 is 6.43 Å². The lowest BCUT2D eigenvalue weighted by Crippen LogP contribution is -2.21. The highest BCUT2D eigenvalue weighted by Crippen LogP contribution is 2.35. The lowest BCUT2D eigenvalue weighted by molar-refractivity contribution is 0.145. The topological polar surface area (TPSA) is 12.0 Å². The first-order valence-corrected chi connectivity index (χ1v) is 7.25. The second kappa shape index (κ2) is 6.45. The van der Waals surface area contributed by atoms with Crippen LogP contribution in [0.3, 0.4) is 0 Å². The minimum atomic E-state index is -2.26. The van der Waals surface area contributed by atoms with Gasteiger partial charge in [-0.25, -0.2) is 8.78 Å². The van der Waals surface area contributed by atoms with Crippen LogP contribution in [0.2, 0.25) is 0 Å². The van der Waals surface area contributed by atoms with Gasteiger partial charge >= 0.3 is 0 Å². The SMILES string of the molecule is FC(F)CNCc1cscc1C1CCCCC1. The van der Waals surface area contributed by atoms with Crippen LogP contribution in [-0.4, -0.2) is 13.0 Å². The summed E-state index contributed by atoms with van der Waals surface area (Å²) in [5.74, 6) is 0.665. The summed E-state index contributed by atoms with van der Waals surface area (Å²) < 4.78 is 24.1. The Balaban J connectivity index is 1.91. The third-order valence-electron chi connectivity index (χ3n) is 3.44. The molecule has 96 valence electrons. The predicted molar refractivity (Wildman–Crippen MR) is 67.9 cm³/mol. The van der Waals surface area contributed by atoms with Gasteiger partial charge in [-0.1, -0.05) is 19.3 Å². The first kappa shape index (κ1) is 13.0. The molecule has 0 aliphatic heterocycles. The van der Waals surface area contributed by atoms with Crippen molar-refractivity contribution in [3.05, 3.63) is 21.9 Å². The molecule has 1 aromatic heterocycles. The van der Waals surface area contributed by atoms with E-state index in [0.717, 1.165) is 0 Å². The maximum Gasteiger partial charge on any atom is 0.250 e. The van der Waals surface area contributed by atoms with Crippen molar-refractivity contribution in [1.82, 2.24) is 5.32 Å². The fraction of sp³-hybridized carbons (Fsp3) is 0.692. The Bertz CT molecular complexity index is 332. The van der Waals surface area contributed by atoms with Crippen LogP contribution in [0.25, 0.3) is 0 Å². The fourth-order valence-electron chi connectivity index (χ4n) is 2.56. The fourth-order valence-corrected chi connectivity index (χ4v) is 3.51. The van der Waals surface area contributed by atoms with Crippen LogP contribution in [0.15, 0.2) is 10.8 Å². The van der Waals surface area contributed by atoms with Crippen molar-refractivity contribution in [3.8, 4) is 0 Å². The molecule has 0 bridgehead atoms. The highest BCUT2D eigenvalue weighted by Gasteiger charge is 2.18. The summed E-state index contributed by atoms with van der Waals surface area (Å²) in [7, 11) is 0. The van der Waals surface area contributed by atoms with Gasteiger partial charge in [-0.15, -0.1) is 0 Å². The molecule has 0 amide bonds. The number of halogens is 2. The van der Waals surface area contributed by atoms with Gasteiger partial charge in [-0.3, -0.25) is 0 Å². The summed E-state index contributed by atoms with van der Waals surface area (Å²) in [6.45, 7) is 0.375. The molecule has 0 radical (unpaired) electrons. The van der Waals surface area contributed by atoms with Crippen LogP contribution in [0.5, 0.6) is 0 Å². The van der Waals surface area contributed by atoms with Gasteiger partial charge in [0.05, 0.1) is 6.54 Å². The molecular weight excluding hydrogens is 240 g/mol. The molecule has 0 aromatic carbocycles. The van der Waals surface area contributed by atoms with Gasteiger partial charge < -0.3 is 5.32 Å². The van der Waals surface area contributed by atoms with Crippen molar-refractivity contribution in [2.45, 2.75) is 51.0 Å². The summed E-state index contributed by atoms with van der Waals surface area (Å²) in [6, 6.07) is 0. The van der Waals surface area contributed by atoms with Gasteiger partial charge in [0.15, 0.2) is 0 Å². The van der Waals surface area contributed by atoms with Crippen molar-refractivity contribution in [2.24, 2.45) is 0 Å². The van der Waals surface area contributed by atoms with Crippen LogP contribution in [0.1, 0.15) is 49.1 Å². The molecule has 1 nitrogen and oxygen atoms in total. The molecule has 1 N–H and O–H groups in total. The average molecular weight is 259 g/mol. The predicted octanol–water partition coefficient (Wildman–Crippen LogP) is 4.15. The largest absolute Gasteiger partial charge is 0.307 e. The Kier molecular flexibility index (Phi) is 4.92. The maximum atomic E-state index is 12.1. The Morgan fingerprint density at radius 2 is 2.00 bits per heavy atom. The molecule has 1 saturated carbocycles. The Hall–Kier alpha value is -0.480. The summed E-state index contributed by atoms with van der Waals surface area (Å²) in [6.07, 6.45) is 4.23. The number of thiophene rings is 1. The van der Waals surface area contributed by atoms with Crippen LogP contribution >= 0.6 is 11.3 Å². The van der Waals surface area contributed by atoms with E-state index in [-0.39, 0.29) is 6.54 Å². The molecule has 0 unspecified atom stereocenters. The van der Waals surface area contributed by atoms with Crippen molar-refractivity contribution in [1.29, 1.82) is 0 Å². The van der Waals surface area contributed by atoms with E-state index in [1.165, 1.54) is 43.2 Å². The van der Waals surface area contributed by atoms with Crippen LogP contribution in [0.4, 0.5) is 8.78 Å². The maximum absolute atomic E-state index is 12.1. The van der Waals surface area contributed by atoms with E-state index in [4.69, 9.17) is 0 Å². The van der Waals surface area contributed by atoms with E-state index >= 15 is 0 Å². The second-order valence-electron chi connectivity index (χ2n) is 4.71. The number of nitrogens with one attached hydrogen (secondary N) is 1. The van der Waals surface area contributed by atoms with Gasteiger partial charge in [-0.2, -0.15) is 11.3 Å². The third-order valence-corrected chi connectivity index (χ3v) is 4.25. The molecule has 1 aromatic rings. The summed E-state index contributed by atoms with van der Waals surface area (Å²) in [4.78, 5) is 0. The molecule has 1 aliphatic rings. The summed E-state index contributed by atoms with van der Waals surface area (Å²) in [5, 5.41) is 7.13. The van der Waals surface area contributed by atoms with Crippen molar-refractivity contribution in [3.63, 3.8) is 0 Å². The van der Waals surface area contributed by atoms with Crippen molar-refractivity contribution in [2.75, 3.05) is 6.54 Å². The highest BCUT2D eigenvalue weighted by atomic mass is 32.1. The van der Waals surface area contributed by atoms with Crippen LogP contribution in [-0.2, 0) is 6.54 Å². The monoisotopic (exact) mass is 259 g/mol. The molecule has 17 heavy (non-hydrogen) atoms. The molecule has 0 saturated heterocycles. The van der Waals surface area contributed by atoms with E-state index in [1.807, 2.05) is 0 Å². The van der Waals surface area contributed by atoms with E-state index in [1.54, 1.807) is 11.3 Å². The molecule has 1 heterocycles. The molecule has 0 atom stereocenters. The number of hydrogen-bond acceptors (Lipinski definition) is 2. The van der Waals surface area contributed by atoms with Gasteiger partial charge in [0.2, 0.25) is 0 Å². The standard InChI is InChI=1S/C13H19F2NS/c14-13(15)7-16-6-11-8-17-9-12(11)10-4-2-1-3-5-10/h8-10,13,16H,1-7H2. The van der Waals surface area contributed by atoms with Gasteiger partial charge in [0.1, 0.15) is 0 Å². The van der Waals surface area contributed by atoms with Crippen LogP contribution in [0, 0.1) is 0 Å². The van der Waals surface area contributed by atoms with Crippen molar-refractivity contribution >= 4 is 11.3 Å². The lowest BCUT2D eigenvalue weighted by atomic mass is 9.84.